The third-order valence-electron chi connectivity index (χ3n) is 6.35. The molecule has 0 saturated carbocycles. The van der Waals surface area contributed by atoms with Crippen LogP contribution in [0.15, 0.2) is 65.6 Å². The van der Waals surface area contributed by atoms with Gasteiger partial charge in [-0.2, -0.15) is 0 Å². The first-order chi connectivity index (χ1) is 19.5. The van der Waals surface area contributed by atoms with Crippen LogP contribution >= 0.6 is 23.2 Å². The fraction of sp³-hybridized carbons (Fsp3) is 0.286. The zero-order chi connectivity index (χ0) is 29.7. The summed E-state index contributed by atoms with van der Waals surface area (Å²) in [6, 6.07) is 12.7. The number of rotatable bonds is 10. The van der Waals surface area contributed by atoms with E-state index >= 15 is 0 Å². The van der Waals surface area contributed by atoms with Crippen molar-refractivity contribution < 1.29 is 31.9 Å². The van der Waals surface area contributed by atoms with Crippen molar-refractivity contribution in [2.75, 3.05) is 30.6 Å². The third-order valence-corrected chi connectivity index (χ3v) is 8.86. The van der Waals surface area contributed by atoms with Gasteiger partial charge in [-0.3, -0.25) is 13.9 Å². The monoisotopic (exact) mass is 623 g/mol. The third kappa shape index (κ3) is 7.03. The maximum absolute atomic E-state index is 14.0. The molecule has 218 valence electrons. The number of hydrogen-bond donors (Lipinski definition) is 1. The smallest absolute Gasteiger partial charge is 0.264 e. The summed E-state index contributed by atoms with van der Waals surface area (Å²) < 4.78 is 53.6. The second-order valence-electron chi connectivity index (χ2n) is 9.13. The topological polar surface area (TPSA) is 105 Å². The lowest BCUT2D eigenvalue weighted by atomic mass is 10.1. The molecule has 2 amide bonds. The maximum atomic E-state index is 14.0. The highest BCUT2D eigenvalue weighted by molar-refractivity contribution is 7.92. The highest BCUT2D eigenvalue weighted by Crippen LogP contribution is 2.34. The van der Waals surface area contributed by atoms with E-state index < -0.39 is 40.2 Å². The Labute approximate surface area is 247 Å². The number of fused-ring (bicyclic) bond motifs is 1. The van der Waals surface area contributed by atoms with Crippen molar-refractivity contribution in [2.24, 2.45) is 0 Å². The van der Waals surface area contributed by atoms with Crippen LogP contribution in [0.5, 0.6) is 11.5 Å². The van der Waals surface area contributed by atoms with E-state index in [2.05, 4.69) is 5.32 Å². The van der Waals surface area contributed by atoms with Crippen molar-refractivity contribution in [3.63, 3.8) is 0 Å². The lowest BCUT2D eigenvalue weighted by molar-refractivity contribution is -0.139. The number of anilines is 1. The molecule has 4 rings (SSSR count). The molecule has 1 unspecified atom stereocenters. The zero-order valence-electron chi connectivity index (χ0n) is 22.3. The molecule has 1 aliphatic heterocycles. The Kier molecular flexibility index (Phi) is 9.62. The molecule has 41 heavy (non-hydrogen) atoms. The SMILES string of the molecule is CCNC(=O)C(C)N(Cc1ccc(Cl)c(Cl)c1)C(=O)CN(c1ccc(F)cc1)S(=O)(=O)c1ccc2c(c1)OCCO2. The van der Waals surface area contributed by atoms with Crippen LogP contribution in [0.25, 0.3) is 0 Å². The molecule has 0 bridgehead atoms. The number of ether oxygens (including phenoxy) is 2. The molecule has 3 aromatic carbocycles. The molecule has 9 nitrogen and oxygen atoms in total. The summed E-state index contributed by atoms with van der Waals surface area (Å²) in [7, 11) is -4.38. The van der Waals surface area contributed by atoms with Crippen LogP contribution < -0.4 is 19.1 Å². The Morgan fingerprint density at radius 2 is 1.66 bits per heavy atom. The zero-order valence-corrected chi connectivity index (χ0v) is 24.6. The van der Waals surface area contributed by atoms with Crippen LogP contribution in [-0.4, -0.2) is 57.5 Å². The van der Waals surface area contributed by atoms with Gasteiger partial charge in [-0.05, 0) is 67.9 Å². The lowest BCUT2D eigenvalue weighted by Gasteiger charge is -2.32. The average Bonchev–Trinajstić information content (AvgIpc) is 2.96. The maximum Gasteiger partial charge on any atom is 0.264 e. The number of nitrogens with one attached hydrogen (secondary N) is 1. The Hall–Kier alpha value is -3.54. The number of halogens is 3. The summed E-state index contributed by atoms with van der Waals surface area (Å²) in [4.78, 5) is 27.8. The van der Waals surface area contributed by atoms with Crippen molar-refractivity contribution in [1.82, 2.24) is 10.2 Å². The Morgan fingerprint density at radius 3 is 2.32 bits per heavy atom. The van der Waals surface area contributed by atoms with E-state index in [9.17, 15) is 22.4 Å². The summed E-state index contributed by atoms with van der Waals surface area (Å²) in [5.41, 5.74) is 0.627. The largest absolute Gasteiger partial charge is 0.486 e. The van der Waals surface area contributed by atoms with Gasteiger partial charge in [0.2, 0.25) is 11.8 Å². The molecule has 0 aromatic heterocycles. The minimum Gasteiger partial charge on any atom is -0.486 e. The molecule has 0 radical (unpaired) electrons. The number of sulfonamides is 1. The molecular weight excluding hydrogens is 596 g/mol. The van der Waals surface area contributed by atoms with Gasteiger partial charge in [-0.25, -0.2) is 12.8 Å². The second-order valence-corrected chi connectivity index (χ2v) is 11.8. The fourth-order valence-corrected chi connectivity index (χ4v) is 5.94. The average molecular weight is 625 g/mol. The van der Waals surface area contributed by atoms with E-state index in [1.807, 2.05) is 0 Å². The van der Waals surface area contributed by atoms with E-state index in [1.54, 1.807) is 25.1 Å². The number of hydrogen-bond acceptors (Lipinski definition) is 6. The van der Waals surface area contributed by atoms with Crippen molar-refractivity contribution in [1.29, 1.82) is 0 Å². The van der Waals surface area contributed by atoms with E-state index in [-0.39, 0.29) is 34.5 Å². The number of nitrogens with zero attached hydrogens (tertiary/aromatic N) is 2. The standard InChI is InChI=1S/C28H28Cl2FN3O6S/c1-3-32-28(36)18(2)33(16-19-4-10-23(29)24(30)14-19)27(35)17-34(21-7-5-20(31)6-8-21)41(37,38)22-9-11-25-26(15-22)40-13-12-39-25/h4-11,14-15,18H,3,12-13,16-17H2,1-2H3,(H,32,36). The molecular formula is C28H28Cl2FN3O6S. The van der Waals surface area contributed by atoms with Crippen LogP contribution in [-0.2, 0) is 26.2 Å². The molecule has 1 heterocycles. The predicted molar refractivity (Wildman–Crippen MR) is 154 cm³/mol. The first-order valence-corrected chi connectivity index (χ1v) is 14.9. The van der Waals surface area contributed by atoms with E-state index in [4.69, 9.17) is 32.7 Å². The summed E-state index contributed by atoms with van der Waals surface area (Å²) in [6.07, 6.45) is 0. The molecule has 0 fully saturated rings. The van der Waals surface area contributed by atoms with Gasteiger partial charge >= 0.3 is 0 Å². The number of amides is 2. The second kappa shape index (κ2) is 13.0. The number of carbonyl (C=O) groups is 2. The molecule has 3 aromatic rings. The summed E-state index contributed by atoms with van der Waals surface area (Å²) in [5.74, 6) is -1.05. The van der Waals surface area contributed by atoms with Gasteiger partial charge in [0.05, 0.1) is 20.6 Å². The molecule has 1 aliphatic rings. The highest BCUT2D eigenvalue weighted by atomic mass is 35.5. The molecule has 1 N–H and O–H groups in total. The number of likely N-dealkylation sites (N-methyl/N-ethyl adjacent to an activating group) is 1. The van der Waals surface area contributed by atoms with E-state index in [0.29, 0.717) is 29.5 Å². The van der Waals surface area contributed by atoms with Crippen molar-refractivity contribution in [3.8, 4) is 11.5 Å². The quantitative estimate of drug-likeness (QED) is 0.352. The van der Waals surface area contributed by atoms with Crippen molar-refractivity contribution in [2.45, 2.75) is 31.3 Å². The minimum absolute atomic E-state index is 0.0507. The molecule has 0 spiro atoms. The van der Waals surface area contributed by atoms with Crippen molar-refractivity contribution >= 4 is 50.7 Å². The Bertz CT molecular complexity index is 1540. The summed E-state index contributed by atoms with van der Waals surface area (Å²) in [6.45, 7) is 3.44. The highest BCUT2D eigenvalue weighted by Gasteiger charge is 2.33. The number of carbonyl (C=O) groups excluding carboxylic acids is 2. The Balaban J connectivity index is 1.73. The van der Waals surface area contributed by atoms with Gasteiger partial charge < -0.3 is 19.7 Å². The number of benzene rings is 3. The minimum atomic E-state index is -4.38. The Morgan fingerprint density at radius 1 is 0.976 bits per heavy atom. The van der Waals surface area contributed by atoms with Crippen LogP contribution in [0.4, 0.5) is 10.1 Å². The van der Waals surface area contributed by atoms with E-state index in [0.717, 1.165) is 16.4 Å². The first kappa shape index (κ1) is 30.4. The molecule has 1 atom stereocenters. The van der Waals surface area contributed by atoms with Gasteiger partial charge in [-0.1, -0.05) is 29.3 Å². The summed E-state index contributed by atoms with van der Waals surface area (Å²) in [5, 5.41) is 3.26. The van der Waals surface area contributed by atoms with E-state index in [1.165, 1.54) is 42.2 Å². The van der Waals surface area contributed by atoms with Crippen LogP contribution in [0.3, 0.4) is 0 Å². The van der Waals surface area contributed by atoms with Gasteiger partial charge in [0.25, 0.3) is 10.0 Å². The molecule has 0 saturated heterocycles. The normalized spacial score (nSPS) is 13.3. The van der Waals surface area contributed by atoms with Crippen LogP contribution in [0.2, 0.25) is 10.0 Å². The predicted octanol–water partition coefficient (Wildman–Crippen LogP) is 4.65. The van der Waals surface area contributed by atoms with Gasteiger partial charge in [0.1, 0.15) is 31.6 Å². The van der Waals surface area contributed by atoms with Gasteiger partial charge in [0, 0.05) is 19.2 Å². The van der Waals surface area contributed by atoms with Gasteiger partial charge in [-0.15, -0.1) is 0 Å². The van der Waals surface area contributed by atoms with Crippen LogP contribution in [0, 0.1) is 5.82 Å². The van der Waals surface area contributed by atoms with Gasteiger partial charge in [0.15, 0.2) is 11.5 Å². The lowest BCUT2D eigenvalue weighted by Crippen LogP contribution is -2.51. The van der Waals surface area contributed by atoms with Crippen molar-refractivity contribution in [3.05, 3.63) is 82.1 Å². The summed E-state index contributed by atoms with van der Waals surface area (Å²) >= 11 is 12.2. The first-order valence-electron chi connectivity index (χ1n) is 12.7. The molecule has 13 heteroatoms. The fourth-order valence-electron chi connectivity index (χ4n) is 4.19. The van der Waals surface area contributed by atoms with Crippen LogP contribution in [0.1, 0.15) is 19.4 Å². The molecule has 0 aliphatic carbocycles.